The third kappa shape index (κ3) is 3.58. The van der Waals surface area contributed by atoms with Gasteiger partial charge in [0, 0.05) is 5.69 Å². The van der Waals surface area contributed by atoms with Crippen LogP contribution < -0.4 is 5.32 Å². The maximum absolute atomic E-state index is 12.6. The second-order valence-corrected chi connectivity index (χ2v) is 6.91. The van der Waals surface area contributed by atoms with E-state index in [0.29, 0.717) is 12.0 Å². The van der Waals surface area contributed by atoms with Crippen molar-refractivity contribution in [3.8, 4) is 0 Å². The predicted octanol–water partition coefficient (Wildman–Crippen LogP) is 4.31. The van der Waals surface area contributed by atoms with E-state index in [4.69, 9.17) is 4.74 Å². The first kappa shape index (κ1) is 15.9. The maximum Gasteiger partial charge on any atom is 0.331 e. The van der Waals surface area contributed by atoms with Crippen LogP contribution in [-0.4, -0.2) is 18.1 Å². The Morgan fingerprint density at radius 1 is 1.19 bits per heavy atom. The standard InChI is InChI=1S/C18H27NO2/c1-5-21-16(20)18(12-10-17(3,4)11-13-18)19-15-9-7-6-8-14(15)2/h6-9,19H,5,10-13H2,1-4H3. The van der Waals surface area contributed by atoms with Crippen molar-refractivity contribution in [2.75, 3.05) is 11.9 Å². The van der Waals surface area contributed by atoms with Crippen LogP contribution in [0.2, 0.25) is 0 Å². The van der Waals surface area contributed by atoms with E-state index in [1.807, 2.05) is 25.1 Å². The highest BCUT2D eigenvalue weighted by Crippen LogP contribution is 2.42. The van der Waals surface area contributed by atoms with Crippen molar-refractivity contribution in [3.63, 3.8) is 0 Å². The molecule has 1 aromatic carbocycles. The number of carbonyl (C=O) groups is 1. The fraction of sp³-hybridized carbons (Fsp3) is 0.611. The van der Waals surface area contributed by atoms with Crippen LogP contribution in [0.1, 0.15) is 52.0 Å². The minimum Gasteiger partial charge on any atom is -0.464 e. The van der Waals surface area contributed by atoms with Crippen LogP contribution in [-0.2, 0) is 9.53 Å². The number of para-hydroxylation sites is 1. The predicted molar refractivity (Wildman–Crippen MR) is 86.4 cm³/mol. The summed E-state index contributed by atoms with van der Waals surface area (Å²) in [6.45, 7) is 8.91. The molecule has 0 saturated heterocycles. The number of nitrogens with one attached hydrogen (secondary N) is 1. The van der Waals surface area contributed by atoms with Crippen molar-refractivity contribution in [2.45, 2.75) is 58.9 Å². The molecule has 0 heterocycles. The van der Waals surface area contributed by atoms with E-state index in [-0.39, 0.29) is 5.97 Å². The van der Waals surface area contributed by atoms with Crippen molar-refractivity contribution >= 4 is 11.7 Å². The van der Waals surface area contributed by atoms with Crippen molar-refractivity contribution in [1.82, 2.24) is 0 Å². The minimum absolute atomic E-state index is 0.108. The average Bonchev–Trinajstić information content (AvgIpc) is 2.44. The van der Waals surface area contributed by atoms with Gasteiger partial charge in [-0.25, -0.2) is 4.79 Å². The summed E-state index contributed by atoms with van der Waals surface area (Å²) in [6, 6.07) is 8.12. The first-order chi connectivity index (χ1) is 9.88. The molecule has 0 amide bonds. The van der Waals surface area contributed by atoms with Crippen molar-refractivity contribution in [2.24, 2.45) is 5.41 Å². The monoisotopic (exact) mass is 289 g/mol. The lowest BCUT2D eigenvalue weighted by molar-refractivity contribution is -0.150. The number of anilines is 1. The number of benzene rings is 1. The Hall–Kier alpha value is -1.51. The smallest absolute Gasteiger partial charge is 0.331 e. The number of hydrogen-bond acceptors (Lipinski definition) is 3. The largest absolute Gasteiger partial charge is 0.464 e. The van der Waals surface area contributed by atoms with Crippen LogP contribution in [0.25, 0.3) is 0 Å². The number of rotatable bonds is 4. The Balaban J connectivity index is 2.25. The van der Waals surface area contributed by atoms with Crippen LogP contribution in [0.5, 0.6) is 0 Å². The Labute approximate surface area is 128 Å². The lowest BCUT2D eigenvalue weighted by Crippen LogP contribution is -2.51. The van der Waals surface area contributed by atoms with Crippen LogP contribution >= 0.6 is 0 Å². The van der Waals surface area contributed by atoms with Gasteiger partial charge in [-0.15, -0.1) is 0 Å². The Morgan fingerprint density at radius 3 is 2.38 bits per heavy atom. The van der Waals surface area contributed by atoms with Crippen molar-refractivity contribution < 1.29 is 9.53 Å². The van der Waals surface area contributed by atoms with Crippen molar-refractivity contribution in [3.05, 3.63) is 29.8 Å². The fourth-order valence-electron chi connectivity index (χ4n) is 2.97. The lowest BCUT2D eigenvalue weighted by atomic mass is 9.69. The average molecular weight is 289 g/mol. The first-order valence-corrected chi connectivity index (χ1v) is 7.90. The Bertz CT molecular complexity index is 498. The highest BCUT2D eigenvalue weighted by atomic mass is 16.5. The fourth-order valence-corrected chi connectivity index (χ4v) is 2.97. The number of aryl methyl sites for hydroxylation is 1. The zero-order chi connectivity index (χ0) is 15.5. The second kappa shape index (κ2) is 6.08. The number of hydrogen-bond donors (Lipinski definition) is 1. The van der Waals surface area contributed by atoms with Crippen LogP contribution in [0.15, 0.2) is 24.3 Å². The molecule has 0 aliphatic heterocycles. The third-order valence-electron chi connectivity index (χ3n) is 4.64. The molecular weight excluding hydrogens is 262 g/mol. The van der Waals surface area contributed by atoms with Gasteiger partial charge in [-0.2, -0.15) is 0 Å². The molecule has 0 unspecified atom stereocenters. The van der Waals surface area contributed by atoms with E-state index >= 15 is 0 Å². The summed E-state index contributed by atoms with van der Waals surface area (Å²) in [5.74, 6) is -0.108. The first-order valence-electron chi connectivity index (χ1n) is 7.90. The molecule has 0 atom stereocenters. The molecule has 116 valence electrons. The molecule has 0 bridgehead atoms. The van der Waals surface area contributed by atoms with E-state index in [9.17, 15) is 4.79 Å². The molecule has 0 radical (unpaired) electrons. The van der Waals surface area contributed by atoms with Gasteiger partial charge in [0.1, 0.15) is 5.54 Å². The van der Waals surface area contributed by atoms with E-state index in [0.717, 1.165) is 36.9 Å². The van der Waals surface area contributed by atoms with Gasteiger partial charge in [0.25, 0.3) is 0 Å². The molecule has 2 rings (SSSR count). The molecule has 1 aliphatic carbocycles. The molecule has 3 heteroatoms. The highest BCUT2D eigenvalue weighted by molar-refractivity contribution is 5.85. The molecule has 1 fully saturated rings. The van der Waals surface area contributed by atoms with Gasteiger partial charge >= 0.3 is 5.97 Å². The van der Waals surface area contributed by atoms with Gasteiger partial charge in [-0.3, -0.25) is 0 Å². The van der Waals surface area contributed by atoms with Crippen LogP contribution in [0.3, 0.4) is 0 Å². The molecule has 3 nitrogen and oxygen atoms in total. The van der Waals surface area contributed by atoms with Gasteiger partial charge in [0.15, 0.2) is 0 Å². The minimum atomic E-state index is -0.572. The zero-order valence-corrected chi connectivity index (χ0v) is 13.7. The number of esters is 1. The molecule has 1 aliphatic rings. The van der Waals surface area contributed by atoms with Crippen LogP contribution in [0, 0.1) is 12.3 Å². The molecule has 1 N–H and O–H groups in total. The molecule has 21 heavy (non-hydrogen) atoms. The molecular formula is C18H27NO2. The van der Waals surface area contributed by atoms with E-state index < -0.39 is 5.54 Å². The summed E-state index contributed by atoms with van der Waals surface area (Å²) in [7, 11) is 0. The second-order valence-electron chi connectivity index (χ2n) is 6.91. The van der Waals surface area contributed by atoms with Gasteiger partial charge < -0.3 is 10.1 Å². The lowest BCUT2D eigenvalue weighted by Gasteiger charge is -2.42. The van der Waals surface area contributed by atoms with E-state index in [2.05, 4.69) is 32.2 Å². The summed E-state index contributed by atoms with van der Waals surface area (Å²) in [6.07, 6.45) is 3.72. The zero-order valence-electron chi connectivity index (χ0n) is 13.7. The maximum atomic E-state index is 12.6. The quantitative estimate of drug-likeness (QED) is 0.839. The molecule has 1 saturated carbocycles. The molecule has 0 spiro atoms. The summed E-state index contributed by atoms with van der Waals surface area (Å²) in [5, 5.41) is 3.51. The van der Waals surface area contributed by atoms with Gasteiger partial charge in [0.05, 0.1) is 6.61 Å². The topological polar surface area (TPSA) is 38.3 Å². The summed E-state index contributed by atoms with van der Waals surface area (Å²) in [4.78, 5) is 12.6. The highest BCUT2D eigenvalue weighted by Gasteiger charge is 2.45. The summed E-state index contributed by atoms with van der Waals surface area (Å²) < 4.78 is 5.36. The number of carbonyl (C=O) groups excluding carboxylic acids is 1. The van der Waals surface area contributed by atoms with E-state index in [1.165, 1.54) is 0 Å². The molecule has 0 aromatic heterocycles. The van der Waals surface area contributed by atoms with Gasteiger partial charge in [0.2, 0.25) is 0 Å². The SMILES string of the molecule is CCOC(=O)C1(Nc2ccccc2C)CCC(C)(C)CC1. The Kier molecular flexibility index (Phi) is 4.60. The number of ether oxygens (including phenoxy) is 1. The summed E-state index contributed by atoms with van der Waals surface area (Å²) in [5.41, 5.74) is 1.93. The van der Waals surface area contributed by atoms with E-state index in [1.54, 1.807) is 0 Å². The Morgan fingerprint density at radius 2 is 1.81 bits per heavy atom. The van der Waals surface area contributed by atoms with Crippen LogP contribution in [0.4, 0.5) is 5.69 Å². The summed E-state index contributed by atoms with van der Waals surface area (Å²) >= 11 is 0. The molecule has 1 aromatic rings. The normalized spacial score (nSPS) is 19.8. The van der Waals surface area contributed by atoms with Gasteiger partial charge in [-0.05, 0) is 56.6 Å². The van der Waals surface area contributed by atoms with Crippen molar-refractivity contribution in [1.29, 1.82) is 0 Å². The van der Waals surface area contributed by atoms with Gasteiger partial charge in [-0.1, -0.05) is 32.0 Å². The third-order valence-corrected chi connectivity index (χ3v) is 4.64.